The zero-order valence-electron chi connectivity index (χ0n) is 30.0. The quantitative estimate of drug-likeness (QED) is 0.195. The molecule has 10 rings (SSSR count). The van der Waals surface area contributed by atoms with Crippen molar-refractivity contribution in [2.75, 3.05) is 6.54 Å². The molecule has 3 aromatic heterocycles. The number of nitrogens with zero attached hydrogens (tertiary/aromatic N) is 3. The van der Waals surface area contributed by atoms with Crippen molar-refractivity contribution < 1.29 is 8.83 Å². The first-order valence-electron chi connectivity index (χ1n) is 18.1. The number of amidine groups is 1. The summed E-state index contributed by atoms with van der Waals surface area (Å²) in [5.41, 5.74) is 14.9. The van der Waals surface area contributed by atoms with Crippen molar-refractivity contribution >= 4 is 50.4 Å². The summed E-state index contributed by atoms with van der Waals surface area (Å²) < 4.78 is 12.5. The maximum absolute atomic E-state index is 6.28. The Bertz CT molecular complexity index is 2880. The van der Waals surface area contributed by atoms with Crippen molar-refractivity contribution in [3.63, 3.8) is 0 Å². The number of hydrogen-bond donors (Lipinski definition) is 1. The third kappa shape index (κ3) is 4.82. The topological polar surface area (TPSA) is 76.5 Å². The van der Waals surface area contributed by atoms with Crippen molar-refractivity contribution in [2.24, 2.45) is 4.99 Å². The smallest absolute Gasteiger partial charge is 0.162 e. The van der Waals surface area contributed by atoms with E-state index in [0.717, 1.165) is 77.9 Å². The first kappa shape index (κ1) is 31.2. The lowest BCUT2D eigenvalue weighted by Crippen LogP contribution is -2.28. The van der Waals surface area contributed by atoms with Gasteiger partial charge in [-0.1, -0.05) is 86.7 Å². The van der Waals surface area contributed by atoms with Gasteiger partial charge in [0.05, 0.1) is 11.1 Å². The molecule has 53 heavy (non-hydrogen) atoms. The van der Waals surface area contributed by atoms with Crippen LogP contribution in [0.4, 0.5) is 0 Å². The van der Waals surface area contributed by atoms with Gasteiger partial charge >= 0.3 is 0 Å². The molecule has 0 bridgehead atoms. The number of para-hydroxylation sites is 3. The van der Waals surface area contributed by atoms with Crippen LogP contribution in [0.5, 0.6) is 0 Å². The first-order chi connectivity index (χ1) is 25.9. The van der Waals surface area contributed by atoms with Gasteiger partial charge in [0, 0.05) is 57.8 Å². The summed E-state index contributed by atoms with van der Waals surface area (Å²) in [5.74, 6) is 2.34. The average molecular weight is 689 g/mol. The van der Waals surface area contributed by atoms with Crippen molar-refractivity contribution in [1.29, 1.82) is 0 Å². The predicted octanol–water partition coefficient (Wildman–Crippen LogP) is 11.5. The zero-order valence-corrected chi connectivity index (χ0v) is 30.0. The van der Waals surface area contributed by atoms with Crippen LogP contribution in [-0.2, 0) is 5.41 Å². The normalized spacial score (nSPS) is 14.8. The zero-order chi connectivity index (χ0) is 35.8. The van der Waals surface area contributed by atoms with Crippen LogP contribution >= 0.6 is 0 Å². The van der Waals surface area contributed by atoms with Crippen molar-refractivity contribution in [1.82, 2.24) is 15.3 Å². The Kier molecular flexibility index (Phi) is 6.92. The molecule has 2 aliphatic rings. The fraction of sp³-hybridized carbons (Fsp3) is 0.128. The SMILES string of the molecule is C/C=C\c1oc2c(-c3ncc(-c4ccc5c(c4)C(C)(C)c4cc(C6=CN=C(c7cccc8c7oc7ccccc78)NC6)ccc4-5)cn3)cccc2c1C. The molecule has 1 aliphatic carbocycles. The number of benzene rings is 5. The van der Waals surface area contributed by atoms with Crippen molar-refractivity contribution in [3.05, 3.63) is 155 Å². The molecule has 256 valence electrons. The summed E-state index contributed by atoms with van der Waals surface area (Å²) in [4.78, 5) is 14.6. The van der Waals surface area contributed by atoms with Gasteiger partial charge in [-0.15, -0.1) is 0 Å². The Hall–Kier alpha value is -6.53. The van der Waals surface area contributed by atoms with Crippen molar-refractivity contribution in [2.45, 2.75) is 33.1 Å². The summed E-state index contributed by atoms with van der Waals surface area (Å²) in [6, 6.07) is 34.1. The number of aliphatic imine (C=N–C) groups is 1. The lowest BCUT2D eigenvalue weighted by Gasteiger charge is -2.23. The van der Waals surface area contributed by atoms with Crippen LogP contribution in [0.1, 0.15) is 54.3 Å². The molecule has 5 aromatic carbocycles. The third-order valence-corrected chi connectivity index (χ3v) is 11.0. The van der Waals surface area contributed by atoms with Gasteiger partial charge in [-0.25, -0.2) is 15.0 Å². The van der Waals surface area contributed by atoms with Gasteiger partial charge < -0.3 is 14.2 Å². The van der Waals surface area contributed by atoms with Gasteiger partial charge in [0.25, 0.3) is 0 Å². The highest BCUT2D eigenvalue weighted by molar-refractivity contribution is 6.15. The molecule has 4 heterocycles. The van der Waals surface area contributed by atoms with Gasteiger partial charge in [0.15, 0.2) is 5.82 Å². The van der Waals surface area contributed by atoms with Gasteiger partial charge in [0.1, 0.15) is 28.3 Å². The standard InChI is InChI=1S/C47H36N4O2/c1-5-10-41-27(2)32-12-8-14-37(43(32)52-41)45-48-23-30(24-49-45)28-17-19-33-34-20-18-29(22-40(34)47(3,4)39(33)21-28)31-25-50-46(51-26-31)38-15-9-13-36-35-11-6-7-16-42(35)53-44(36)38/h5-25H,26H2,1-4H3,(H,50,51)/b10-5-. The maximum atomic E-state index is 6.28. The summed E-state index contributed by atoms with van der Waals surface area (Å²) in [6.07, 6.45) is 9.83. The maximum Gasteiger partial charge on any atom is 0.162 e. The highest BCUT2D eigenvalue weighted by Crippen LogP contribution is 2.50. The molecule has 0 saturated heterocycles. The van der Waals surface area contributed by atoms with E-state index < -0.39 is 0 Å². The number of nitrogens with one attached hydrogen (secondary N) is 1. The van der Waals surface area contributed by atoms with Gasteiger partial charge in [-0.05, 0) is 89.2 Å². The van der Waals surface area contributed by atoms with Crippen LogP contribution in [0, 0.1) is 6.92 Å². The molecule has 8 aromatic rings. The molecule has 6 nitrogen and oxygen atoms in total. The fourth-order valence-corrected chi connectivity index (χ4v) is 8.17. The molecular weight excluding hydrogens is 653 g/mol. The first-order valence-corrected chi connectivity index (χ1v) is 18.1. The van der Waals surface area contributed by atoms with Crippen molar-refractivity contribution in [3.8, 4) is 33.6 Å². The lowest BCUT2D eigenvalue weighted by molar-refractivity contribution is 0.601. The van der Waals surface area contributed by atoms with E-state index in [1.807, 2.05) is 68.0 Å². The number of hydrogen-bond acceptors (Lipinski definition) is 6. The van der Waals surface area contributed by atoms with E-state index in [9.17, 15) is 0 Å². The monoisotopic (exact) mass is 688 g/mol. The Morgan fingerprint density at radius 3 is 2.11 bits per heavy atom. The number of fused-ring (bicyclic) bond motifs is 7. The molecule has 0 amide bonds. The van der Waals surface area contributed by atoms with Gasteiger partial charge in [-0.3, -0.25) is 0 Å². The summed E-state index contributed by atoms with van der Waals surface area (Å²) >= 11 is 0. The number of allylic oxidation sites excluding steroid dienone is 1. The van der Waals surface area contributed by atoms with E-state index in [2.05, 4.69) is 92.8 Å². The number of furan rings is 2. The Labute approximate surface area is 307 Å². The second-order valence-electron chi connectivity index (χ2n) is 14.5. The largest absolute Gasteiger partial charge is 0.456 e. The summed E-state index contributed by atoms with van der Waals surface area (Å²) in [5, 5.41) is 6.88. The Balaban J connectivity index is 0.941. The molecule has 0 fully saturated rings. The molecule has 0 unspecified atom stereocenters. The molecule has 0 saturated carbocycles. The second-order valence-corrected chi connectivity index (χ2v) is 14.5. The molecule has 1 N–H and O–H groups in total. The molecule has 6 heteroatoms. The van der Waals surface area contributed by atoms with E-state index >= 15 is 0 Å². The van der Waals surface area contributed by atoms with E-state index in [-0.39, 0.29) is 5.41 Å². The minimum Gasteiger partial charge on any atom is -0.456 e. The molecule has 0 radical (unpaired) electrons. The summed E-state index contributed by atoms with van der Waals surface area (Å²) in [6.45, 7) is 9.39. The van der Waals surface area contributed by atoms with E-state index in [1.54, 1.807) is 0 Å². The highest BCUT2D eigenvalue weighted by Gasteiger charge is 2.36. The summed E-state index contributed by atoms with van der Waals surface area (Å²) in [7, 11) is 0. The number of rotatable bonds is 5. The van der Waals surface area contributed by atoms with Crippen LogP contribution in [0.2, 0.25) is 0 Å². The molecule has 0 atom stereocenters. The van der Waals surface area contributed by atoms with Crippen LogP contribution in [0.3, 0.4) is 0 Å². The minimum atomic E-state index is -0.192. The second kappa shape index (κ2) is 11.8. The van der Waals surface area contributed by atoms with Crippen LogP contribution in [0.15, 0.2) is 136 Å². The van der Waals surface area contributed by atoms with E-state index in [0.29, 0.717) is 12.4 Å². The highest BCUT2D eigenvalue weighted by atomic mass is 16.3. The predicted molar refractivity (Wildman–Crippen MR) is 216 cm³/mol. The van der Waals surface area contributed by atoms with E-state index in [4.69, 9.17) is 23.8 Å². The Morgan fingerprint density at radius 2 is 1.36 bits per heavy atom. The number of aryl methyl sites for hydroxylation is 1. The minimum absolute atomic E-state index is 0.192. The third-order valence-electron chi connectivity index (χ3n) is 11.0. The lowest BCUT2D eigenvalue weighted by atomic mass is 9.81. The van der Waals surface area contributed by atoms with Gasteiger partial charge in [0.2, 0.25) is 0 Å². The number of aromatic nitrogens is 2. The fourth-order valence-electron chi connectivity index (χ4n) is 8.17. The van der Waals surface area contributed by atoms with Gasteiger partial charge in [-0.2, -0.15) is 0 Å². The van der Waals surface area contributed by atoms with E-state index in [1.165, 1.54) is 27.8 Å². The van der Waals surface area contributed by atoms with Crippen LogP contribution in [-0.4, -0.2) is 22.3 Å². The molecule has 1 aliphatic heterocycles. The molecular formula is C47H36N4O2. The Morgan fingerprint density at radius 1 is 0.679 bits per heavy atom. The molecule has 0 spiro atoms. The van der Waals surface area contributed by atoms with Crippen LogP contribution < -0.4 is 5.32 Å². The van der Waals surface area contributed by atoms with Crippen LogP contribution in [0.25, 0.3) is 78.2 Å². The average Bonchev–Trinajstić information content (AvgIpc) is 3.81.